The second-order valence-electron chi connectivity index (χ2n) is 4.68. The molecule has 0 bridgehead atoms. The highest BCUT2D eigenvalue weighted by Gasteiger charge is 2.25. The van der Waals surface area contributed by atoms with Crippen LogP contribution in [0.5, 0.6) is 0 Å². The minimum Gasteiger partial charge on any atom is -0.350 e. The Morgan fingerprint density at radius 2 is 2.15 bits per heavy atom. The SMILES string of the molecule is CCCNC(CC1OCCO1)c1ccc(Br)c(Cl)c1F. The van der Waals surface area contributed by atoms with Gasteiger partial charge >= 0.3 is 0 Å². The zero-order valence-electron chi connectivity index (χ0n) is 11.3. The van der Waals surface area contributed by atoms with Crippen LogP contribution in [0.2, 0.25) is 5.02 Å². The molecule has 3 nitrogen and oxygen atoms in total. The summed E-state index contributed by atoms with van der Waals surface area (Å²) >= 11 is 9.19. The van der Waals surface area contributed by atoms with Gasteiger partial charge in [-0.1, -0.05) is 24.6 Å². The number of hydrogen-bond donors (Lipinski definition) is 1. The van der Waals surface area contributed by atoms with Crippen LogP contribution < -0.4 is 5.32 Å². The first-order chi connectivity index (χ1) is 9.63. The topological polar surface area (TPSA) is 30.5 Å². The molecule has 1 aromatic carbocycles. The Hall–Kier alpha value is -0.200. The van der Waals surface area contributed by atoms with Crippen LogP contribution in [-0.4, -0.2) is 26.0 Å². The number of hydrogen-bond acceptors (Lipinski definition) is 3. The number of nitrogens with one attached hydrogen (secondary N) is 1. The maximum absolute atomic E-state index is 14.3. The third-order valence-electron chi connectivity index (χ3n) is 3.20. The highest BCUT2D eigenvalue weighted by Crippen LogP contribution is 2.32. The second kappa shape index (κ2) is 7.71. The van der Waals surface area contributed by atoms with Gasteiger partial charge in [-0.25, -0.2) is 4.39 Å². The van der Waals surface area contributed by atoms with E-state index in [-0.39, 0.29) is 17.4 Å². The van der Waals surface area contributed by atoms with Crippen molar-refractivity contribution in [3.8, 4) is 0 Å². The fourth-order valence-corrected chi connectivity index (χ4v) is 2.66. The lowest BCUT2D eigenvalue weighted by molar-refractivity contribution is -0.0531. The van der Waals surface area contributed by atoms with E-state index in [0.29, 0.717) is 29.7 Å². The van der Waals surface area contributed by atoms with Crippen molar-refractivity contribution in [2.75, 3.05) is 19.8 Å². The highest BCUT2D eigenvalue weighted by molar-refractivity contribution is 9.10. The zero-order chi connectivity index (χ0) is 14.5. The van der Waals surface area contributed by atoms with Gasteiger partial charge in [-0.3, -0.25) is 0 Å². The van der Waals surface area contributed by atoms with Crippen LogP contribution >= 0.6 is 27.5 Å². The zero-order valence-corrected chi connectivity index (χ0v) is 13.6. The van der Waals surface area contributed by atoms with Crippen LogP contribution in [0, 0.1) is 5.82 Å². The molecule has 0 saturated carbocycles. The molecule has 0 aliphatic carbocycles. The molecule has 6 heteroatoms. The number of benzene rings is 1. The Morgan fingerprint density at radius 1 is 1.45 bits per heavy atom. The van der Waals surface area contributed by atoms with Crippen LogP contribution in [0.15, 0.2) is 16.6 Å². The van der Waals surface area contributed by atoms with E-state index in [1.807, 2.05) is 0 Å². The summed E-state index contributed by atoms with van der Waals surface area (Å²) in [4.78, 5) is 0. The Morgan fingerprint density at radius 3 is 2.80 bits per heavy atom. The fraction of sp³-hybridized carbons (Fsp3) is 0.571. The van der Waals surface area contributed by atoms with E-state index < -0.39 is 5.82 Å². The van der Waals surface area contributed by atoms with E-state index in [1.54, 1.807) is 12.1 Å². The largest absolute Gasteiger partial charge is 0.350 e. The fourth-order valence-electron chi connectivity index (χ4n) is 2.18. The van der Waals surface area contributed by atoms with Crippen molar-refractivity contribution >= 4 is 27.5 Å². The van der Waals surface area contributed by atoms with Crippen LogP contribution in [0.25, 0.3) is 0 Å². The molecule has 2 rings (SSSR count). The van der Waals surface area contributed by atoms with Crippen LogP contribution in [0.3, 0.4) is 0 Å². The lowest BCUT2D eigenvalue weighted by atomic mass is 10.0. The van der Waals surface area contributed by atoms with Crippen molar-refractivity contribution in [1.29, 1.82) is 0 Å². The van der Waals surface area contributed by atoms with Crippen molar-refractivity contribution in [3.05, 3.63) is 33.0 Å². The number of halogens is 3. The Kier molecular flexibility index (Phi) is 6.23. The molecule has 1 fully saturated rings. The molecular formula is C14H18BrClFNO2. The molecule has 1 unspecified atom stereocenters. The molecule has 0 radical (unpaired) electrons. The number of rotatable bonds is 6. The Balaban J connectivity index is 2.18. The van der Waals surface area contributed by atoms with E-state index in [9.17, 15) is 4.39 Å². The summed E-state index contributed by atoms with van der Waals surface area (Å²) in [6.07, 6.45) is 1.25. The van der Waals surface area contributed by atoms with E-state index in [0.717, 1.165) is 13.0 Å². The van der Waals surface area contributed by atoms with Crippen molar-refractivity contribution < 1.29 is 13.9 Å². The summed E-state index contributed by atoms with van der Waals surface area (Å²) in [5, 5.41) is 3.44. The first kappa shape index (κ1) is 16.2. The number of ether oxygens (including phenoxy) is 2. The van der Waals surface area contributed by atoms with Gasteiger partial charge in [0.05, 0.1) is 18.2 Å². The maximum Gasteiger partial charge on any atom is 0.159 e. The molecule has 1 aliphatic heterocycles. The van der Waals surface area contributed by atoms with Crippen LogP contribution in [0.4, 0.5) is 4.39 Å². The van der Waals surface area contributed by atoms with Gasteiger partial charge in [0.15, 0.2) is 6.29 Å². The second-order valence-corrected chi connectivity index (χ2v) is 5.91. The Labute approximate surface area is 131 Å². The molecule has 20 heavy (non-hydrogen) atoms. The normalized spacial score (nSPS) is 17.6. The lowest BCUT2D eigenvalue weighted by Crippen LogP contribution is -2.27. The molecule has 1 aliphatic rings. The highest BCUT2D eigenvalue weighted by atomic mass is 79.9. The molecule has 0 spiro atoms. The molecule has 1 N–H and O–H groups in total. The van der Waals surface area contributed by atoms with E-state index in [4.69, 9.17) is 21.1 Å². The molecule has 1 saturated heterocycles. The van der Waals surface area contributed by atoms with Gasteiger partial charge in [0, 0.05) is 22.5 Å². The molecule has 1 atom stereocenters. The van der Waals surface area contributed by atoms with E-state index >= 15 is 0 Å². The van der Waals surface area contributed by atoms with Gasteiger partial charge in [-0.2, -0.15) is 0 Å². The summed E-state index contributed by atoms with van der Waals surface area (Å²) < 4.78 is 25.8. The van der Waals surface area contributed by atoms with Gasteiger partial charge < -0.3 is 14.8 Å². The van der Waals surface area contributed by atoms with Gasteiger partial charge in [-0.15, -0.1) is 0 Å². The lowest BCUT2D eigenvalue weighted by Gasteiger charge is -2.22. The van der Waals surface area contributed by atoms with Gasteiger partial charge in [-0.05, 0) is 35.0 Å². The van der Waals surface area contributed by atoms with Crippen molar-refractivity contribution in [3.63, 3.8) is 0 Å². The third kappa shape index (κ3) is 3.92. The molecule has 0 amide bonds. The molecular weight excluding hydrogens is 349 g/mol. The third-order valence-corrected chi connectivity index (χ3v) is 4.46. The van der Waals surface area contributed by atoms with E-state index in [1.165, 1.54) is 0 Å². The maximum atomic E-state index is 14.3. The van der Waals surface area contributed by atoms with Crippen molar-refractivity contribution in [2.45, 2.75) is 32.1 Å². The monoisotopic (exact) mass is 365 g/mol. The molecule has 1 aromatic rings. The van der Waals surface area contributed by atoms with Crippen molar-refractivity contribution in [2.24, 2.45) is 0 Å². The van der Waals surface area contributed by atoms with Gasteiger partial charge in [0.25, 0.3) is 0 Å². The van der Waals surface area contributed by atoms with E-state index in [2.05, 4.69) is 28.2 Å². The summed E-state index contributed by atoms with van der Waals surface area (Å²) in [5.74, 6) is -0.396. The van der Waals surface area contributed by atoms with Crippen molar-refractivity contribution in [1.82, 2.24) is 5.32 Å². The molecule has 0 aromatic heterocycles. The van der Waals surface area contributed by atoms with Crippen LogP contribution in [-0.2, 0) is 9.47 Å². The summed E-state index contributed by atoms with van der Waals surface area (Å²) in [6, 6.07) is 3.33. The molecule has 1 heterocycles. The average molecular weight is 367 g/mol. The smallest absolute Gasteiger partial charge is 0.159 e. The summed E-state index contributed by atoms with van der Waals surface area (Å²) in [7, 11) is 0. The Bertz CT molecular complexity index is 455. The first-order valence-corrected chi connectivity index (χ1v) is 7.90. The predicted octanol–water partition coefficient (Wildman–Crippen LogP) is 4.05. The summed E-state index contributed by atoms with van der Waals surface area (Å²) in [5.41, 5.74) is 0.547. The summed E-state index contributed by atoms with van der Waals surface area (Å²) in [6.45, 7) is 4.05. The predicted molar refractivity (Wildman–Crippen MR) is 80.5 cm³/mol. The van der Waals surface area contributed by atoms with Gasteiger partial charge in [0.1, 0.15) is 5.82 Å². The quantitative estimate of drug-likeness (QED) is 0.771. The molecule has 112 valence electrons. The standard InChI is InChI=1S/C14H18BrClFNO2/c1-2-5-18-11(8-12-19-6-7-20-12)9-3-4-10(15)13(16)14(9)17/h3-4,11-12,18H,2,5-8H2,1H3. The first-order valence-electron chi connectivity index (χ1n) is 6.73. The average Bonchev–Trinajstić information content (AvgIpc) is 2.94. The minimum atomic E-state index is -0.396. The van der Waals surface area contributed by atoms with Crippen LogP contribution in [0.1, 0.15) is 31.4 Å². The minimum absolute atomic E-state index is 0.110. The van der Waals surface area contributed by atoms with Gasteiger partial charge in [0.2, 0.25) is 0 Å².